The first kappa shape index (κ1) is 20.6. The molecular formula is C29H20N6. The normalized spacial score (nSPS) is 12.0. The maximum Gasteiger partial charge on any atom is 0.0991 e. The van der Waals surface area contributed by atoms with Crippen LogP contribution in [0.3, 0.4) is 0 Å². The van der Waals surface area contributed by atoms with Crippen LogP contribution in [0.4, 0.5) is 28.4 Å². The highest BCUT2D eigenvalue weighted by molar-refractivity contribution is 6.07. The molecule has 166 valence electrons. The minimum atomic E-state index is 0.613. The number of nitriles is 1. The fourth-order valence-corrected chi connectivity index (χ4v) is 4.26. The number of nitrogens with one attached hydrogen (secondary N) is 2. The molecule has 6 heteroatoms. The molecule has 1 aliphatic rings. The molecule has 5 aromatic rings. The average molecular weight is 453 g/mol. The molecule has 2 aromatic heterocycles. The van der Waals surface area contributed by atoms with Gasteiger partial charge in [0.25, 0.3) is 0 Å². The van der Waals surface area contributed by atoms with E-state index in [1.165, 1.54) is 5.56 Å². The fraction of sp³-hybridized carbons (Fsp3) is 0.0345. The Morgan fingerprint density at radius 3 is 2.37 bits per heavy atom. The van der Waals surface area contributed by atoms with Crippen molar-refractivity contribution < 1.29 is 0 Å². The summed E-state index contributed by atoms with van der Waals surface area (Å²) in [4.78, 5) is 13.4. The molecule has 6 rings (SSSR count). The third kappa shape index (κ3) is 4.19. The van der Waals surface area contributed by atoms with Crippen LogP contribution in [0.2, 0.25) is 0 Å². The molecule has 0 amide bonds. The van der Waals surface area contributed by atoms with Crippen molar-refractivity contribution in [2.75, 3.05) is 10.6 Å². The summed E-state index contributed by atoms with van der Waals surface area (Å²) in [5.41, 5.74) is 9.71. The van der Waals surface area contributed by atoms with Crippen LogP contribution in [0.5, 0.6) is 0 Å². The Hall–Kier alpha value is -5.02. The van der Waals surface area contributed by atoms with Crippen LogP contribution in [0, 0.1) is 11.3 Å². The summed E-state index contributed by atoms with van der Waals surface area (Å²) in [6.45, 7) is 0. The van der Waals surface area contributed by atoms with E-state index in [0.717, 1.165) is 57.0 Å². The number of aromatic nitrogens is 2. The van der Waals surface area contributed by atoms with Crippen LogP contribution in [0.1, 0.15) is 16.7 Å². The fourth-order valence-electron chi connectivity index (χ4n) is 4.26. The third-order valence-corrected chi connectivity index (χ3v) is 6.04. The molecular weight excluding hydrogens is 432 g/mol. The van der Waals surface area contributed by atoms with Crippen molar-refractivity contribution in [1.29, 1.82) is 5.26 Å². The standard InChI is InChI=1S/C29H20N6/c30-18-19-1-8-26-25(15-19)27(11-14-32-26)34-22-5-2-20(3-6-22)28-16-21-4-7-24(17-29(21)35-28)33-23-9-12-31-13-10-23/h1-15,17H,16H2,(H,31,33)(H,32,34). The second-order valence-electron chi connectivity index (χ2n) is 8.34. The molecule has 0 aliphatic carbocycles. The number of rotatable bonds is 5. The molecule has 0 saturated heterocycles. The summed E-state index contributed by atoms with van der Waals surface area (Å²) < 4.78 is 0. The van der Waals surface area contributed by atoms with Crippen molar-refractivity contribution in [2.24, 2.45) is 4.99 Å². The highest BCUT2D eigenvalue weighted by Gasteiger charge is 2.16. The predicted octanol–water partition coefficient (Wildman–Crippen LogP) is 6.67. The van der Waals surface area contributed by atoms with Crippen molar-refractivity contribution in [3.8, 4) is 6.07 Å². The molecule has 0 unspecified atom stereocenters. The Morgan fingerprint density at radius 2 is 1.54 bits per heavy atom. The van der Waals surface area contributed by atoms with Gasteiger partial charge in [-0.15, -0.1) is 0 Å². The van der Waals surface area contributed by atoms with E-state index in [-0.39, 0.29) is 0 Å². The van der Waals surface area contributed by atoms with Crippen LogP contribution < -0.4 is 10.6 Å². The molecule has 0 bridgehead atoms. The lowest BCUT2D eigenvalue weighted by Gasteiger charge is -2.10. The summed E-state index contributed by atoms with van der Waals surface area (Å²) in [7, 11) is 0. The number of benzene rings is 3. The van der Waals surface area contributed by atoms with E-state index in [9.17, 15) is 5.26 Å². The minimum absolute atomic E-state index is 0.613. The van der Waals surface area contributed by atoms with Crippen LogP contribution >= 0.6 is 0 Å². The highest BCUT2D eigenvalue weighted by atomic mass is 14.9. The van der Waals surface area contributed by atoms with E-state index < -0.39 is 0 Å². The third-order valence-electron chi connectivity index (χ3n) is 6.04. The van der Waals surface area contributed by atoms with Crippen molar-refractivity contribution in [3.05, 3.63) is 114 Å². The number of fused-ring (bicyclic) bond motifs is 2. The first-order valence-corrected chi connectivity index (χ1v) is 11.3. The van der Waals surface area contributed by atoms with E-state index in [2.05, 4.69) is 69.1 Å². The first-order chi connectivity index (χ1) is 17.2. The van der Waals surface area contributed by atoms with Crippen LogP contribution in [0.25, 0.3) is 10.9 Å². The molecule has 3 heterocycles. The first-order valence-electron chi connectivity index (χ1n) is 11.3. The van der Waals surface area contributed by atoms with Crippen molar-refractivity contribution in [3.63, 3.8) is 0 Å². The zero-order valence-electron chi connectivity index (χ0n) is 18.7. The van der Waals surface area contributed by atoms with Gasteiger partial charge in [0.05, 0.1) is 28.5 Å². The van der Waals surface area contributed by atoms with E-state index in [1.54, 1.807) is 24.7 Å². The smallest absolute Gasteiger partial charge is 0.0991 e. The van der Waals surface area contributed by atoms with Gasteiger partial charge in [0.2, 0.25) is 0 Å². The van der Waals surface area contributed by atoms with Gasteiger partial charge in [-0.25, -0.2) is 0 Å². The van der Waals surface area contributed by atoms with Gasteiger partial charge in [-0.1, -0.05) is 18.2 Å². The lowest BCUT2D eigenvalue weighted by atomic mass is 10.0. The lowest BCUT2D eigenvalue weighted by Crippen LogP contribution is -2.00. The largest absolute Gasteiger partial charge is 0.355 e. The van der Waals surface area contributed by atoms with Crippen LogP contribution in [-0.4, -0.2) is 15.7 Å². The summed E-state index contributed by atoms with van der Waals surface area (Å²) in [5.74, 6) is 0. The van der Waals surface area contributed by atoms with E-state index in [0.29, 0.717) is 5.56 Å². The number of hydrogen-bond donors (Lipinski definition) is 2. The molecule has 0 fully saturated rings. The van der Waals surface area contributed by atoms with Gasteiger partial charge in [0.15, 0.2) is 0 Å². The SMILES string of the molecule is N#Cc1ccc2nccc(Nc3ccc(C4=Nc5cc(Nc6ccncc6)ccc5C4)cc3)c2c1. The summed E-state index contributed by atoms with van der Waals surface area (Å²) in [5, 5.41) is 17.0. The zero-order chi connectivity index (χ0) is 23.6. The maximum absolute atomic E-state index is 9.25. The molecule has 6 nitrogen and oxygen atoms in total. The Balaban J connectivity index is 1.21. The molecule has 2 N–H and O–H groups in total. The highest BCUT2D eigenvalue weighted by Crippen LogP contribution is 2.33. The second-order valence-corrected chi connectivity index (χ2v) is 8.34. The molecule has 0 atom stereocenters. The van der Waals surface area contributed by atoms with E-state index >= 15 is 0 Å². The molecule has 3 aromatic carbocycles. The maximum atomic E-state index is 9.25. The Labute approximate surface area is 202 Å². The predicted molar refractivity (Wildman–Crippen MR) is 140 cm³/mol. The van der Waals surface area contributed by atoms with Gasteiger partial charge < -0.3 is 10.6 Å². The quantitative estimate of drug-likeness (QED) is 0.311. The van der Waals surface area contributed by atoms with Gasteiger partial charge in [-0.2, -0.15) is 5.26 Å². The second kappa shape index (κ2) is 8.73. The molecule has 0 radical (unpaired) electrons. The number of nitrogens with zero attached hydrogens (tertiary/aromatic N) is 4. The molecule has 0 spiro atoms. The number of aliphatic imine (C=N–C) groups is 1. The minimum Gasteiger partial charge on any atom is -0.355 e. The number of pyridine rings is 2. The average Bonchev–Trinajstić information content (AvgIpc) is 3.33. The lowest BCUT2D eigenvalue weighted by molar-refractivity contribution is 1.32. The van der Waals surface area contributed by atoms with Crippen molar-refractivity contribution >= 4 is 45.1 Å². The van der Waals surface area contributed by atoms with Crippen molar-refractivity contribution in [1.82, 2.24) is 9.97 Å². The van der Waals surface area contributed by atoms with Gasteiger partial charge in [-0.3, -0.25) is 15.0 Å². The topological polar surface area (TPSA) is 86.0 Å². The number of anilines is 4. The summed E-state index contributed by atoms with van der Waals surface area (Å²) >= 11 is 0. The van der Waals surface area contributed by atoms with Gasteiger partial charge in [-0.05, 0) is 71.8 Å². The Kier molecular flexibility index (Phi) is 5.13. The van der Waals surface area contributed by atoms with E-state index in [1.807, 2.05) is 30.3 Å². The van der Waals surface area contributed by atoms with Gasteiger partial charge in [0, 0.05) is 53.1 Å². The monoisotopic (exact) mass is 452 g/mol. The Morgan fingerprint density at radius 1 is 0.743 bits per heavy atom. The summed E-state index contributed by atoms with van der Waals surface area (Å²) in [6, 6.07) is 28.1. The van der Waals surface area contributed by atoms with Crippen LogP contribution in [0.15, 0.2) is 102 Å². The molecule has 0 saturated carbocycles. The number of hydrogen-bond acceptors (Lipinski definition) is 6. The van der Waals surface area contributed by atoms with Crippen LogP contribution in [-0.2, 0) is 6.42 Å². The van der Waals surface area contributed by atoms with E-state index in [4.69, 9.17) is 4.99 Å². The summed E-state index contributed by atoms with van der Waals surface area (Å²) in [6.07, 6.45) is 6.12. The van der Waals surface area contributed by atoms with Gasteiger partial charge in [0.1, 0.15) is 0 Å². The zero-order valence-corrected chi connectivity index (χ0v) is 18.7. The Bertz CT molecular complexity index is 1620. The van der Waals surface area contributed by atoms with Crippen molar-refractivity contribution in [2.45, 2.75) is 6.42 Å². The molecule has 35 heavy (non-hydrogen) atoms. The van der Waals surface area contributed by atoms with Gasteiger partial charge >= 0.3 is 0 Å². The molecule has 1 aliphatic heterocycles.